The van der Waals surface area contributed by atoms with Crippen LogP contribution in [0.3, 0.4) is 0 Å². The molecule has 0 aromatic heterocycles. The summed E-state index contributed by atoms with van der Waals surface area (Å²) in [5.74, 6) is 0.0875. The minimum absolute atomic E-state index is 0.0875. The summed E-state index contributed by atoms with van der Waals surface area (Å²) in [5, 5.41) is 5.69. The van der Waals surface area contributed by atoms with Gasteiger partial charge in [0.2, 0.25) is 5.91 Å². The molecule has 1 heterocycles. The third-order valence-corrected chi connectivity index (χ3v) is 3.68. The van der Waals surface area contributed by atoms with Crippen LogP contribution in [0.5, 0.6) is 0 Å². The zero-order valence-electron chi connectivity index (χ0n) is 11.3. The fourth-order valence-electron chi connectivity index (χ4n) is 2.56. The Bertz CT molecular complexity index is 310. The number of rotatable bonds is 4. The number of urea groups is 1. The van der Waals surface area contributed by atoms with E-state index in [9.17, 15) is 9.59 Å². The maximum Gasteiger partial charge on any atom is 0.315 e. The zero-order valence-corrected chi connectivity index (χ0v) is 11.3. The molecule has 0 radical (unpaired) electrons. The molecular weight excluding hydrogens is 246 g/mol. The van der Waals surface area contributed by atoms with Crippen molar-refractivity contribution in [3.63, 3.8) is 0 Å². The first kappa shape index (κ1) is 14.1. The smallest absolute Gasteiger partial charge is 0.315 e. The minimum atomic E-state index is -0.151. The lowest BCUT2D eigenvalue weighted by molar-refractivity contribution is -0.135. The fourth-order valence-corrected chi connectivity index (χ4v) is 2.56. The molecule has 0 spiro atoms. The Hall–Kier alpha value is -1.30. The number of ether oxygens (including phenoxy) is 1. The van der Waals surface area contributed by atoms with E-state index in [1.54, 1.807) is 4.90 Å². The second-order valence-electron chi connectivity index (χ2n) is 5.12. The van der Waals surface area contributed by atoms with Crippen LogP contribution in [-0.2, 0) is 9.53 Å². The SMILES string of the molecule is O=C(NCCC(=O)N1CCOCC1)NC1CCCC1. The van der Waals surface area contributed by atoms with Crippen LogP contribution < -0.4 is 10.6 Å². The zero-order chi connectivity index (χ0) is 13.5. The van der Waals surface area contributed by atoms with E-state index >= 15 is 0 Å². The number of nitrogens with zero attached hydrogens (tertiary/aromatic N) is 1. The van der Waals surface area contributed by atoms with Crippen molar-refractivity contribution in [3.8, 4) is 0 Å². The van der Waals surface area contributed by atoms with Crippen molar-refractivity contribution in [2.45, 2.75) is 38.1 Å². The first-order valence-corrected chi connectivity index (χ1v) is 7.15. The van der Waals surface area contributed by atoms with Gasteiger partial charge in [0, 0.05) is 32.1 Å². The highest BCUT2D eigenvalue weighted by molar-refractivity contribution is 5.78. The van der Waals surface area contributed by atoms with Crippen LogP contribution in [0, 0.1) is 0 Å². The van der Waals surface area contributed by atoms with Gasteiger partial charge in [-0.05, 0) is 12.8 Å². The first-order valence-electron chi connectivity index (χ1n) is 7.15. The molecule has 1 aliphatic carbocycles. The number of carbonyl (C=O) groups is 2. The Balaban J connectivity index is 1.57. The average Bonchev–Trinajstić information content (AvgIpc) is 2.92. The summed E-state index contributed by atoms with van der Waals surface area (Å²) in [6.07, 6.45) is 4.89. The van der Waals surface area contributed by atoms with Gasteiger partial charge in [0.05, 0.1) is 13.2 Å². The number of hydrogen-bond acceptors (Lipinski definition) is 3. The van der Waals surface area contributed by atoms with Crippen LogP contribution in [0.4, 0.5) is 4.79 Å². The van der Waals surface area contributed by atoms with Crippen molar-refractivity contribution in [1.29, 1.82) is 0 Å². The molecule has 2 fully saturated rings. The molecule has 2 aliphatic rings. The van der Waals surface area contributed by atoms with Crippen molar-refractivity contribution in [2.75, 3.05) is 32.8 Å². The van der Waals surface area contributed by atoms with E-state index in [1.165, 1.54) is 12.8 Å². The van der Waals surface area contributed by atoms with Crippen LogP contribution >= 0.6 is 0 Å². The predicted molar refractivity (Wildman–Crippen MR) is 70.8 cm³/mol. The molecule has 2 rings (SSSR count). The first-order chi connectivity index (χ1) is 9.25. The maximum absolute atomic E-state index is 11.8. The quantitative estimate of drug-likeness (QED) is 0.779. The van der Waals surface area contributed by atoms with E-state index in [4.69, 9.17) is 4.74 Å². The number of amides is 3. The lowest BCUT2D eigenvalue weighted by Crippen LogP contribution is -2.44. The summed E-state index contributed by atoms with van der Waals surface area (Å²) in [7, 11) is 0. The number of morpholine rings is 1. The number of nitrogens with one attached hydrogen (secondary N) is 2. The van der Waals surface area contributed by atoms with Gasteiger partial charge in [-0.15, -0.1) is 0 Å². The highest BCUT2D eigenvalue weighted by Crippen LogP contribution is 2.17. The molecular formula is C13H23N3O3. The normalized spacial score (nSPS) is 20.3. The van der Waals surface area contributed by atoms with Gasteiger partial charge in [-0.2, -0.15) is 0 Å². The molecule has 1 saturated carbocycles. The highest BCUT2D eigenvalue weighted by Gasteiger charge is 2.18. The summed E-state index contributed by atoms with van der Waals surface area (Å²) in [6.45, 7) is 2.94. The summed E-state index contributed by atoms with van der Waals surface area (Å²) < 4.78 is 5.19. The molecule has 6 nitrogen and oxygen atoms in total. The molecule has 3 amide bonds. The molecule has 2 N–H and O–H groups in total. The molecule has 19 heavy (non-hydrogen) atoms. The minimum Gasteiger partial charge on any atom is -0.378 e. The molecule has 0 bridgehead atoms. The fraction of sp³-hybridized carbons (Fsp3) is 0.846. The Morgan fingerprint density at radius 1 is 1.16 bits per heavy atom. The van der Waals surface area contributed by atoms with Crippen LogP contribution in [-0.4, -0.2) is 55.7 Å². The van der Waals surface area contributed by atoms with Gasteiger partial charge in [-0.1, -0.05) is 12.8 Å². The van der Waals surface area contributed by atoms with Crippen molar-refractivity contribution in [1.82, 2.24) is 15.5 Å². The van der Waals surface area contributed by atoms with E-state index in [0.717, 1.165) is 12.8 Å². The van der Waals surface area contributed by atoms with E-state index in [0.29, 0.717) is 45.3 Å². The molecule has 1 aliphatic heterocycles. The van der Waals surface area contributed by atoms with Gasteiger partial charge in [0.15, 0.2) is 0 Å². The topological polar surface area (TPSA) is 70.7 Å². The molecule has 6 heteroatoms. The summed E-state index contributed by atoms with van der Waals surface area (Å²) in [6, 6.07) is 0.164. The number of hydrogen-bond donors (Lipinski definition) is 2. The largest absolute Gasteiger partial charge is 0.378 e. The standard InChI is InChI=1S/C13H23N3O3/c17-12(16-7-9-19-10-8-16)5-6-14-13(18)15-11-3-1-2-4-11/h11H,1-10H2,(H2,14,15,18). The van der Waals surface area contributed by atoms with E-state index in [1.807, 2.05) is 0 Å². The van der Waals surface area contributed by atoms with Crippen LogP contribution in [0.25, 0.3) is 0 Å². The predicted octanol–water partition coefficient (Wildman–Crippen LogP) is 0.477. The van der Waals surface area contributed by atoms with Crippen molar-refractivity contribution in [3.05, 3.63) is 0 Å². The summed E-state index contributed by atoms with van der Waals surface area (Å²) in [4.78, 5) is 25.2. The average molecular weight is 269 g/mol. The van der Waals surface area contributed by atoms with Crippen LogP contribution in [0.2, 0.25) is 0 Å². The summed E-state index contributed by atoms with van der Waals surface area (Å²) in [5.41, 5.74) is 0. The van der Waals surface area contributed by atoms with Gasteiger partial charge in [-0.25, -0.2) is 4.79 Å². The number of carbonyl (C=O) groups excluding carboxylic acids is 2. The monoisotopic (exact) mass is 269 g/mol. The van der Waals surface area contributed by atoms with Crippen LogP contribution in [0.15, 0.2) is 0 Å². The van der Waals surface area contributed by atoms with Crippen LogP contribution in [0.1, 0.15) is 32.1 Å². The molecule has 0 unspecified atom stereocenters. The Morgan fingerprint density at radius 3 is 2.53 bits per heavy atom. The molecule has 0 aromatic carbocycles. The highest BCUT2D eigenvalue weighted by atomic mass is 16.5. The third-order valence-electron chi connectivity index (χ3n) is 3.68. The Kier molecular flexibility index (Phi) is 5.44. The third kappa shape index (κ3) is 4.70. The van der Waals surface area contributed by atoms with Gasteiger partial charge >= 0.3 is 6.03 Å². The van der Waals surface area contributed by atoms with E-state index < -0.39 is 0 Å². The van der Waals surface area contributed by atoms with E-state index in [2.05, 4.69) is 10.6 Å². The summed E-state index contributed by atoms with van der Waals surface area (Å²) >= 11 is 0. The lowest BCUT2D eigenvalue weighted by atomic mass is 10.2. The second-order valence-corrected chi connectivity index (χ2v) is 5.12. The maximum atomic E-state index is 11.8. The van der Waals surface area contributed by atoms with Crippen molar-refractivity contribution < 1.29 is 14.3 Å². The molecule has 0 atom stereocenters. The van der Waals surface area contributed by atoms with Gasteiger partial charge < -0.3 is 20.3 Å². The van der Waals surface area contributed by atoms with Crippen molar-refractivity contribution in [2.24, 2.45) is 0 Å². The van der Waals surface area contributed by atoms with Gasteiger partial charge in [-0.3, -0.25) is 4.79 Å². The van der Waals surface area contributed by atoms with Crippen molar-refractivity contribution >= 4 is 11.9 Å². The molecule has 108 valence electrons. The molecule has 1 saturated heterocycles. The molecule has 0 aromatic rings. The second kappa shape index (κ2) is 7.33. The lowest BCUT2D eigenvalue weighted by Gasteiger charge is -2.26. The Labute approximate surface area is 113 Å². The Morgan fingerprint density at radius 2 is 1.84 bits per heavy atom. The van der Waals surface area contributed by atoms with Gasteiger partial charge in [0.25, 0.3) is 0 Å². The van der Waals surface area contributed by atoms with Gasteiger partial charge in [0.1, 0.15) is 0 Å². The van der Waals surface area contributed by atoms with E-state index in [-0.39, 0.29) is 11.9 Å².